The Morgan fingerprint density at radius 2 is 1.91 bits per heavy atom. The van der Waals surface area contributed by atoms with Crippen LogP contribution in [0.4, 0.5) is 0 Å². The number of hydrogen-bond donors (Lipinski definition) is 2. The standard InChI is InChI=1S/C28H35N5O/c1-20-7-8-26(21(2)17-20)33-27(23-9-12-29-13-10-23)25(18-31-33)28(34)30-14-16-32-15-11-22-5-3-4-6-24(22)19-32/h3-8,17-18,23,29H,9-16,19H2,1-2H3,(H,30,34). The second kappa shape index (κ2) is 10.1. The third-order valence-corrected chi connectivity index (χ3v) is 7.28. The van der Waals surface area contributed by atoms with Crippen molar-refractivity contribution in [2.75, 3.05) is 32.7 Å². The quantitative estimate of drug-likeness (QED) is 0.592. The normalized spacial score (nSPS) is 16.9. The van der Waals surface area contributed by atoms with Crippen LogP contribution in [0.2, 0.25) is 0 Å². The zero-order chi connectivity index (χ0) is 23.5. The first kappa shape index (κ1) is 22.8. The molecule has 1 fully saturated rings. The number of piperidine rings is 1. The molecule has 6 heteroatoms. The van der Waals surface area contributed by atoms with Crippen LogP contribution in [0, 0.1) is 13.8 Å². The summed E-state index contributed by atoms with van der Waals surface area (Å²) in [6, 6.07) is 15.1. The summed E-state index contributed by atoms with van der Waals surface area (Å²) in [7, 11) is 0. The molecular formula is C28H35N5O. The Balaban J connectivity index is 1.31. The van der Waals surface area contributed by atoms with Gasteiger partial charge in [-0.1, -0.05) is 42.0 Å². The number of nitrogens with zero attached hydrogens (tertiary/aromatic N) is 3. The molecule has 3 aromatic rings. The van der Waals surface area contributed by atoms with Gasteiger partial charge in [-0.05, 0) is 69.0 Å². The number of aromatic nitrogens is 2. The van der Waals surface area contributed by atoms with Gasteiger partial charge in [0.15, 0.2) is 0 Å². The summed E-state index contributed by atoms with van der Waals surface area (Å²) in [5, 5.41) is 11.4. The lowest BCUT2D eigenvalue weighted by molar-refractivity contribution is 0.0945. The summed E-state index contributed by atoms with van der Waals surface area (Å²) < 4.78 is 2.02. The highest BCUT2D eigenvalue weighted by Gasteiger charge is 2.27. The summed E-state index contributed by atoms with van der Waals surface area (Å²) in [5.74, 6) is 0.311. The molecule has 5 rings (SSSR count). The molecule has 0 bridgehead atoms. The van der Waals surface area contributed by atoms with E-state index in [1.165, 1.54) is 22.3 Å². The molecule has 3 heterocycles. The minimum absolute atomic E-state index is 0.0121. The maximum absolute atomic E-state index is 13.3. The third kappa shape index (κ3) is 4.79. The fourth-order valence-corrected chi connectivity index (χ4v) is 5.42. The maximum Gasteiger partial charge on any atom is 0.254 e. The number of fused-ring (bicyclic) bond motifs is 1. The molecule has 2 aliphatic rings. The Kier molecular flexibility index (Phi) is 6.79. The number of aryl methyl sites for hydroxylation is 2. The predicted octanol–water partition coefficient (Wildman–Crippen LogP) is 3.74. The molecule has 0 radical (unpaired) electrons. The number of rotatable bonds is 6. The first-order chi connectivity index (χ1) is 16.6. The molecule has 2 N–H and O–H groups in total. The Labute approximate surface area is 202 Å². The van der Waals surface area contributed by atoms with Gasteiger partial charge in [0.2, 0.25) is 0 Å². The summed E-state index contributed by atoms with van der Waals surface area (Å²) in [6.45, 7) is 9.66. The van der Waals surface area contributed by atoms with Crippen LogP contribution in [-0.2, 0) is 13.0 Å². The Morgan fingerprint density at radius 3 is 2.71 bits per heavy atom. The lowest BCUT2D eigenvalue weighted by atomic mass is 9.91. The smallest absolute Gasteiger partial charge is 0.254 e. The van der Waals surface area contributed by atoms with Crippen LogP contribution in [-0.4, -0.2) is 53.3 Å². The van der Waals surface area contributed by atoms with E-state index in [4.69, 9.17) is 5.10 Å². The van der Waals surface area contributed by atoms with Crippen molar-refractivity contribution in [1.82, 2.24) is 25.3 Å². The summed E-state index contributed by atoms with van der Waals surface area (Å²) in [6.07, 6.45) is 4.88. The third-order valence-electron chi connectivity index (χ3n) is 7.28. The maximum atomic E-state index is 13.3. The van der Waals surface area contributed by atoms with Crippen molar-refractivity contribution in [3.8, 4) is 5.69 Å². The van der Waals surface area contributed by atoms with E-state index in [-0.39, 0.29) is 5.91 Å². The minimum atomic E-state index is -0.0121. The van der Waals surface area contributed by atoms with Gasteiger partial charge in [-0.15, -0.1) is 0 Å². The van der Waals surface area contributed by atoms with Crippen LogP contribution < -0.4 is 10.6 Å². The fourth-order valence-electron chi connectivity index (χ4n) is 5.42. The molecule has 0 spiro atoms. The summed E-state index contributed by atoms with van der Waals surface area (Å²) in [5.41, 5.74) is 8.10. The van der Waals surface area contributed by atoms with Gasteiger partial charge < -0.3 is 10.6 Å². The zero-order valence-electron chi connectivity index (χ0n) is 20.3. The van der Waals surface area contributed by atoms with Gasteiger partial charge in [-0.3, -0.25) is 9.69 Å². The van der Waals surface area contributed by atoms with Crippen molar-refractivity contribution in [3.63, 3.8) is 0 Å². The van der Waals surface area contributed by atoms with Crippen molar-refractivity contribution in [3.05, 3.63) is 82.2 Å². The van der Waals surface area contributed by atoms with Crippen LogP contribution in [0.25, 0.3) is 5.69 Å². The molecule has 1 aromatic heterocycles. The van der Waals surface area contributed by atoms with Gasteiger partial charge in [0, 0.05) is 32.1 Å². The van der Waals surface area contributed by atoms with E-state index in [1.807, 2.05) is 4.68 Å². The Bertz CT molecular complexity index is 1160. The first-order valence-electron chi connectivity index (χ1n) is 12.5. The molecule has 0 aliphatic carbocycles. The zero-order valence-corrected chi connectivity index (χ0v) is 20.3. The highest BCUT2D eigenvalue weighted by molar-refractivity contribution is 5.95. The monoisotopic (exact) mass is 457 g/mol. The molecule has 0 atom stereocenters. The van der Waals surface area contributed by atoms with E-state index >= 15 is 0 Å². The predicted molar refractivity (Wildman–Crippen MR) is 136 cm³/mol. The van der Waals surface area contributed by atoms with Gasteiger partial charge in [0.05, 0.1) is 23.1 Å². The van der Waals surface area contributed by atoms with Crippen molar-refractivity contribution in [1.29, 1.82) is 0 Å². The van der Waals surface area contributed by atoms with E-state index in [0.29, 0.717) is 12.5 Å². The number of amides is 1. The highest BCUT2D eigenvalue weighted by Crippen LogP contribution is 2.31. The van der Waals surface area contributed by atoms with Crippen molar-refractivity contribution in [2.45, 2.75) is 45.6 Å². The van der Waals surface area contributed by atoms with E-state index < -0.39 is 0 Å². The van der Waals surface area contributed by atoms with Crippen LogP contribution in [0.1, 0.15) is 57.1 Å². The average Bonchev–Trinajstić information content (AvgIpc) is 3.29. The minimum Gasteiger partial charge on any atom is -0.351 e. The number of hydrogen-bond acceptors (Lipinski definition) is 4. The molecular weight excluding hydrogens is 422 g/mol. The molecule has 2 aromatic carbocycles. The lowest BCUT2D eigenvalue weighted by Crippen LogP contribution is -2.38. The second-order valence-electron chi connectivity index (χ2n) is 9.72. The number of benzene rings is 2. The second-order valence-corrected chi connectivity index (χ2v) is 9.72. The average molecular weight is 458 g/mol. The Hall–Kier alpha value is -2.96. The Morgan fingerprint density at radius 1 is 1.12 bits per heavy atom. The number of nitrogens with one attached hydrogen (secondary N) is 2. The van der Waals surface area contributed by atoms with Crippen LogP contribution in [0.15, 0.2) is 48.7 Å². The summed E-state index contributed by atoms with van der Waals surface area (Å²) in [4.78, 5) is 15.8. The molecule has 1 amide bonds. The van der Waals surface area contributed by atoms with Gasteiger partial charge in [0.25, 0.3) is 5.91 Å². The van der Waals surface area contributed by atoms with Gasteiger partial charge in [-0.25, -0.2) is 4.68 Å². The van der Waals surface area contributed by atoms with Gasteiger partial charge in [0.1, 0.15) is 0 Å². The van der Waals surface area contributed by atoms with Gasteiger partial charge >= 0.3 is 0 Å². The van der Waals surface area contributed by atoms with Crippen LogP contribution in [0.5, 0.6) is 0 Å². The van der Waals surface area contributed by atoms with Crippen LogP contribution >= 0.6 is 0 Å². The molecule has 0 saturated carbocycles. The molecule has 1 saturated heterocycles. The molecule has 178 valence electrons. The first-order valence-corrected chi connectivity index (χ1v) is 12.5. The van der Waals surface area contributed by atoms with Gasteiger partial charge in [-0.2, -0.15) is 5.10 Å². The summed E-state index contributed by atoms with van der Waals surface area (Å²) >= 11 is 0. The SMILES string of the molecule is Cc1ccc(-n2ncc(C(=O)NCCN3CCc4ccccc4C3)c2C2CCNCC2)c(C)c1. The number of carbonyl (C=O) groups excluding carboxylic acids is 1. The topological polar surface area (TPSA) is 62.2 Å². The van der Waals surface area contributed by atoms with Crippen molar-refractivity contribution in [2.24, 2.45) is 0 Å². The molecule has 0 unspecified atom stereocenters. The fraction of sp³-hybridized carbons (Fsp3) is 0.429. The highest BCUT2D eigenvalue weighted by atomic mass is 16.1. The van der Waals surface area contributed by atoms with E-state index in [2.05, 4.69) is 71.8 Å². The molecule has 2 aliphatic heterocycles. The van der Waals surface area contributed by atoms with Crippen LogP contribution in [0.3, 0.4) is 0 Å². The van der Waals surface area contributed by atoms with E-state index in [1.54, 1.807) is 6.20 Å². The van der Waals surface area contributed by atoms with E-state index in [9.17, 15) is 4.79 Å². The lowest BCUT2D eigenvalue weighted by Gasteiger charge is -2.28. The van der Waals surface area contributed by atoms with Crippen molar-refractivity contribution < 1.29 is 4.79 Å². The molecule has 6 nitrogen and oxygen atoms in total. The largest absolute Gasteiger partial charge is 0.351 e. The van der Waals surface area contributed by atoms with Crippen molar-refractivity contribution >= 4 is 5.91 Å². The number of carbonyl (C=O) groups is 1. The van der Waals surface area contributed by atoms with E-state index in [0.717, 1.165) is 68.9 Å². The molecule has 34 heavy (non-hydrogen) atoms.